The van der Waals surface area contributed by atoms with Gasteiger partial charge in [0.05, 0.1) is 11.0 Å². The van der Waals surface area contributed by atoms with Gasteiger partial charge in [0.15, 0.2) is 0 Å². The van der Waals surface area contributed by atoms with Crippen LogP contribution >= 0.6 is 12.2 Å². The molecule has 0 saturated carbocycles. The summed E-state index contributed by atoms with van der Waals surface area (Å²) in [5.41, 5.74) is 0.0986. The molecule has 0 aromatic rings. The van der Waals surface area contributed by atoms with Crippen molar-refractivity contribution < 1.29 is 0 Å². The molecule has 1 aliphatic rings. The van der Waals surface area contributed by atoms with Crippen LogP contribution in [0, 0.1) is 0 Å². The Labute approximate surface area is 80.1 Å². The Hall–Kier alpha value is -0.150. The summed E-state index contributed by atoms with van der Waals surface area (Å²) in [4.78, 5) is 0.972. The third-order valence-electron chi connectivity index (χ3n) is 1.88. The molecule has 0 aromatic heterocycles. The SMILES string of the molecule is CC(C)(C)NC(=S)C1CCCN1. The van der Waals surface area contributed by atoms with Crippen LogP contribution in [0.4, 0.5) is 0 Å². The van der Waals surface area contributed by atoms with E-state index in [4.69, 9.17) is 12.2 Å². The number of thiocarbonyl (C=S) groups is 1. The maximum Gasteiger partial charge on any atom is 0.0929 e. The van der Waals surface area contributed by atoms with Gasteiger partial charge in [-0.25, -0.2) is 0 Å². The molecule has 12 heavy (non-hydrogen) atoms. The van der Waals surface area contributed by atoms with Crippen LogP contribution < -0.4 is 10.6 Å². The van der Waals surface area contributed by atoms with E-state index in [1.54, 1.807) is 0 Å². The summed E-state index contributed by atoms with van der Waals surface area (Å²) in [5, 5.41) is 6.71. The average Bonchev–Trinajstić information content (AvgIpc) is 2.32. The maximum atomic E-state index is 5.29. The summed E-state index contributed by atoms with van der Waals surface area (Å²) < 4.78 is 0. The molecule has 1 unspecified atom stereocenters. The van der Waals surface area contributed by atoms with Crippen LogP contribution in [0.5, 0.6) is 0 Å². The second kappa shape index (κ2) is 3.71. The van der Waals surface area contributed by atoms with Crippen molar-refractivity contribution in [1.82, 2.24) is 10.6 Å². The van der Waals surface area contributed by atoms with Gasteiger partial charge in [0, 0.05) is 5.54 Å². The Kier molecular flexibility index (Phi) is 3.07. The van der Waals surface area contributed by atoms with Crippen LogP contribution in [-0.4, -0.2) is 23.1 Å². The summed E-state index contributed by atoms with van der Waals surface area (Å²) in [7, 11) is 0. The fourth-order valence-electron chi connectivity index (χ4n) is 1.37. The molecular weight excluding hydrogens is 168 g/mol. The Balaban J connectivity index is 2.37. The van der Waals surface area contributed by atoms with Gasteiger partial charge in [-0.2, -0.15) is 0 Å². The Morgan fingerprint density at radius 3 is 2.58 bits per heavy atom. The molecule has 1 aliphatic heterocycles. The fourth-order valence-corrected chi connectivity index (χ4v) is 1.87. The smallest absolute Gasteiger partial charge is 0.0929 e. The lowest BCUT2D eigenvalue weighted by atomic mass is 10.1. The minimum atomic E-state index is 0.0986. The van der Waals surface area contributed by atoms with Crippen molar-refractivity contribution in [2.45, 2.75) is 45.2 Å². The van der Waals surface area contributed by atoms with Gasteiger partial charge >= 0.3 is 0 Å². The van der Waals surface area contributed by atoms with Gasteiger partial charge in [-0.1, -0.05) is 12.2 Å². The van der Waals surface area contributed by atoms with Gasteiger partial charge in [0.1, 0.15) is 0 Å². The van der Waals surface area contributed by atoms with Crippen LogP contribution in [0.25, 0.3) is 0 Å². The quantitative estimate of drug-likeness (QED) is 0.606. The number of nitrogens with one attached hydrogen (secondary N) is 2. The van der Waals surface area contributed by atoms with E-state index in [0.29, 0.717) is 6.04 Å². The van der Waals surface area contributed by atoms with E-state index in [0.717, 1.165) is 11.5 Å². The lowest BCUT2D eigenvalue weighted by Gasteiger charge is -2.25. The molecule has 0 aromatic carbocycles. The van der Waals surface area contributed by atoms with E-state index in [-0.39, 0.29) is 5.54 Å². The highest BCUT2D eigenvalue weighted by atomic mass is 32.1. The minimum Gasteiger partial charge on any atom is -0.374 e. The largest absolute Gasteiger partial charge is 0.374 e. The highest BCUT2D eigenvalue weighted by Gasteiger charge is 2.21. The first-order chi connectivity index (χ1) is 5.49. The molecule has 1 atom stereocenters. The van der Waals surface area contributed by atoms with Gasteiger partial charge in [-0.15, -0.1) is 0 Å². The first-order valence-corrected chi connectivity index (χ1v) is 4.95. The van der Waals surface area contributed by atoms with Crippen LogP contribution in [0.15, 0.2) is 0 Å². The van der Waals surface area contributed by atoms with Gasteiger partial charge in [-0.05, 0) is 40.2 Å². The summed E-state index contributed by atoms with van der Waals surface area (Å²) in [6.07, 6.45) is 2.43. The zero-order valence-electron chi connectivity index (χ0n) is 8.11. The van der Waals surface area contributed by atoms with E-state index < -0.39 is 0 Å². The molecule has 0 spiro atoms. The molecule has 0 bridgehead atoms. The summed E-state index contributed by atoms with van der Waals surface area (Å²) in [6.45, 7) is 7.51. The first-order valence-electron chi connectivity index (χ1n) is 4.54. The monoisotopic (exact) mass is 186 g/mol. The van der Waals surface area contributed by atoms with Crippen molar-refractivity contribution in [3.63, 3.8) is 0 Å². The number of hydrogen-bond acceptors (Lipinski definition) is 2. The zero-order valence-corrected chi connectivity index (χ0v) is 8.92. The second-order valence-electron chi connectivity index (χ2n) is 4.39. The third-order valence-corrected chi connectivity index (χ3v) is 2.26. The Morgan fingerprint density at radius 1 is 1.50 bits per heavy atom. The summed E-state index contributed by atoms with van der Waals surface area (Å²) in [5.74, 6) is 0. The standard InChI is InChI=1S/C9H18N2S/c1-9(2,3)11-8(12)7-5-4-6-10-7/h7,10H,4-6H2,1-3H3,(H,11,12). The first kappa shape index (κ1) is 9.93. The summed E-state index contributed by atoms with van der Waals surface area (Å²) >= 11 is 5.29. The van der Waals surface area contributed by atoms with E-state index in [1.165, 1.54) is 12.8 Å². The Morgan fingerprint density at radius 2 is 2.17 bits per heavy atom. The van der Waals surface area contributed by atoms with Gasteiger partial charge in [0.2, 0.25) is 0 Å². The van der Waals surface area contributed by atoms with Crippen molar-refractivity contribution in [1.29, 1.82) is 0 Å². The van der Waals surface area contributed by atoms with Gasteiger partial charge < -0.3 is 10.6 Å². The zero-order chi connectivity index (χ0) is 9.19. The molecule has 0 amide bonds. The van der Waals surface area contributed by atoms with Gasteiger partial charge in [0.25, 0.3) is 0 Å². The van der Waals surface area contributed by atoms with Crippen molar-refractivity contribution in [3.8, 4) is 0 Å². The topological polar surface area (TPSA) is 24.1 Å². The molecule has 0 radical (unpaired) electrons. The number of rotatable bonds is 1. The van der Waals surface area contributed by atoms with Crippen molar-refractivity contribution >= 4 is 17.2 Å². The van der Waals surface area contributed by atoms with E-state index in [9.17, 15) is 0 Å². The van der Waals surface area contributed by atoms with Crippen molar-refractivity contribution in [2.24, 2.45) is 0 Å². The molecule has 1 rings (SSSR count). The number of hydrogen-bond donors (Lipinski definition) is 2. The average molecular weight is 186 g/mol. The molecule has 1 fully saturated rings. The maximum absolute atomic E-state index is 5.29. The van der Waals surface area contributed by atoms with E-state index >= 15 is 0 Å². The lowest BCUT2D eigenvalue weighted by Crippen LogP contribution is -2.47. The Bertz CT molecular complexity index is 166. The minimum absolute atomic E-state index is 0.0986. The lowest BCUT2D eigenvalue weighted by molar-refractivity contribution is 0.503. The normalized spacial score (nSPS) is 24.1. The highest BCUT2D eigenvalue weighted by molar-refractivity contribution is 7.80. The van der Waals surface area contributed by atoms with E-state index in [2.05, 4.69) is 31.4 Å². The molecule has 70 valence electrons. The predicted octanol–water partition coefficient (Wildman–Crippen LogP) is 1.45. The van der Waals surface area contributed by atoms with Crippen LogP contribution in [-0.2, 0) is 0 Å². The molecule has 1 heterocycles. The third kappa shape index (κ3) is 3.07. The molecule has 1 saturated heterocycles. The van der Waals surface area contributed by atoms with Crippen molar-refractivity contribution in [2.75, 3.05) is 6.54 Å². The molecule has 3 heteroatoms. The highest BCUT2D eigenvalue weighted by Crippen LogP contribution is 2.08. The second-order valence-corrected chi connectivity index (χ2v) is 4.83. The fraction of sp³-hybridized carbons (Fsp3) is 0.889. The van der Waals surface area contributed by atoms with Crippen LogP contribution in [0.1, 0.15) is 33.6 Å². The van der Waals surface area contributed by atoms with Crippen LogP contribution in [0.2, 0.25) is 0 Å². The molecular formula is C9H18N2S. The van der Waals surface area contributed by atoms with Gasteiger partial charge in [-0.3, -0.25) is 0 Å². The van der Waals surface area contributed by atoms with E-state index in [1.807, 2.05) is 0 Å². The molecule has 2 N–H and O–H groups in total. The molecule has 0 aliphatic carbocycles. The predicted molar refractivity (Wildman–Crippen MR) is 56.5 cm³/mol. The summed E-state index contributed by atoms with van der Waals surface area (Å²) in [6, 6.07) is 0.416. The molecule has 2 nitrogen and oxygen atoms in total. The van der Waals surface area contributed by atoms with Crippen molar-refractivity contribution in [3.05, 3.63) is 0 Å². The van der Waals surface area contributed by atoms with Crippen LogP contribution in [0.3, 0.4) is 0 Å².